The number of nitrogens with one attached hydrogen (secondary N) is 1. The van der Waals surface area contributed by atoms with Crippen LogP contribution in [0.1, 0.15) is 37.7 Å². The minimum Gasteiger partial charge on any atom is -0.381 e. The predicted octanol–water partition coefficient (Wildman–Crippen LogP) is 2.34. The average molecular weight is 351 g/mol. The number of nitrogens with zero attached hydrogens (tertiary/aromatic N) is 1. The lowest BCUT2D eigenvalue weighted by molar-refractivity contribution is -0.135. The van der Waals surface area contributed by atoms with Gasteiger partial charge in [0.2, 0.25) is 11.8 Å². The second-order valence-corrected chi connectivity index (χ2v) is 6.94. The summed E-state index contributed by atoms with van der Waals surface area (Å²) in [6.45, 7) is 3.95. The maximum absolute atomic E-state index is 12.6. The molecule has 0 radical (unpaired) electrons. The number of rotatable bonds is 4. The van der Waals surface area contributed by atoms with Gasteiger partial charge in [-0.15, -0.1) is 0 Å². The van der Waals surface area contributed by atoms with Crippen LogP contribution in [0.15, 0.2) is 24.3 Å². The number of ether oxygens (including phenoxy) is 1. The largest absolute Gasteiger partial charge is 0.381 e. The molecule has 2 aliphatic heterocycles. The lowest BCUT2D eigenvalue weighted by Crippen LogP contribution is -2.46. The van der Waals surface area contributed by atoms with E-state index in [1.165, 1.54) is 0 Å². The van der Waals surface area contributed by atoms with E-state index in [0.717, 1.165) is 18.4 Å². The van der Waals surface area contributed by atoms with Crippen molar-refractivity contribution >= 4 is 23.4 Å². The monoisotopic (exact) mass is 350 g/mol. The molecule has 24 heavy (non-hydrogen) atoms. The Hall–Kier alpha value is -1.59. The van der Waals surface area contributed by atoms with Gasteiger partial charge in [0, 0.05) is 30.8 Å². The van der Waals surface area contributed by atoms with E-state index in [4.69, 9.17) is 16.3 Å². The number of hydrogen-bond donors (Lipinski definition) is 1. The lowest BCUT2D eigenvalue weighted by atomic mass is 10.00. The highest BCUT2D eigenvalue weighted by Crippen LogP contribution is 2.23. The summed E-state index contributed by atoms with van der Waals surface area (Å²) >= 11 is 5.99. The number of amides is 2. The zero-order chi connectivity index (χ0) is 17.1. The summed E-state index contributed by atoms with van der Waals surface area (Å²) < 4.78 is 5.36. The molecule has 2 aliphatic rings. The van der Waals surface area contributed by atoms with Crippen LogP contribution in [0, 0.1) is 0 Å². The summed E-state index contributed by atoms with van der Waals surface area (Å²) in [5.41, 5.74) is 0.853. The van der Waals surface area contributed by atoms with Crippen LogP contribution in [0.25, 0.3) is 0 Å². The number of carbonyl (C=O) groups excluding carboxylic acids is 2. The molecule has 1 aromatic rings. The average Bonchev–Trinajstić information content (AvgIpc) is 2.95. The molecular formula is C18H23ClN2O3. The Bertz CT molecular complexity index is 616. The number of halogens is 1. The third-order valence-electron chi connectivity index (χ3n) is 4.93. The van der Waals surface area contributed by atoms with Gasteiger partial charge in [0.15, 0.2) is 0 Å². The minimum absolute atomic E-state index is 0.0357. The van der Waals surface area contributed by atoms with Gasteiger partial charge in [-0.2, -0.15) is 0 Å². The smallest absolute Gasteiger partial charge is 0.245 e. The van der Waals surface area contributed by atoms with Gasteiger partial charge in [-0.25, -0.2) is 0 Å². The van der Waals surface area contributed by atoms with Crippen molar-refractivity contribution in [3.63, 3.8) is 0 Å². The molecule has 1 N–H and O–H groups in total. The molecule has 2 amide bonds. The lowest BCUT2D eigenvalue weighted by Gasteiger charge is -2.31. The van der Waals surface area contributed by atoms with E-state index in [-0.39, 0.29) is 23.8 Å². The summed E-state index contributed by atoms with van der Waals surface area (Å²) in [4.78, 5) is 27.0. The van der Waals surface area contributed by atoms with Crippen molar-refractivity contribution in [3.05, 3.63) is 34.9 Å². The first-order chi connectivity index (χ1) is 11.6. The van der Waals surface area contributed by atoms with E-state index in [0.29, 0.717) is 31.2 Å². The fourth-order valence-electron chi connectivity index (χ4n) is 3.42. The molecule has 130 valence electrons. The summed E-state index contributed by atoms with van der Waals surface area (Å²) in [6, 6.07) is 7.11. The highest BCUT2D eigenvalue weighted by molar-refractivity contribution is 6.30. The molecular weight excluding hydrogens is 328 g/mol. The van der Waals surface area contributed by atoms with Crippen LogP contribution in [0.2, 0.25) is 5.02 Å². The standard InChI is InChI=1S/C18H23ClN2O3/c1-12(13-3-2-4-14(19)11-13)17(22)20-16-5-8-21(18(16)23)15-6-9-24-10-7-15/h2-4,11-12,15-16H,5-10H2,1H3,(H,20,22). The Balaban J connectivity index is 1.59. The molecule has 1 aromatic carbocycles. The molecule has 0 aliphatic carbocycles. The SMILES string of the molecule is CC(C(=O)NC1CCN(C2CCOCC2)C1=O)c1cccc(Cl)c1. The molecule has 0 aromatic heterocycles. The molecule has 0 bridgehead atoms. The van der Waals surface area contributed by atoms with Crippen LogP contribution in [0.5, 0.6) is 0 Å². The van der Waals surface area contributed by atoms with E-state index in [1.807, 2.05) is 24.0 Å². The van der Waals surface area contributed by atoms with E-state index in [9.17, 15) is 9.59 Å². The van der Waals surface area contributed by atoms with Crippen molar-refractivity contribution in [1.29, 1.82) is 0 Å². The maximum atomic E-state index is 12.6. The number of benzene rings is 1. The molecule has 5 nitrogen and oxygen atoms in total. The zero-order valence-corrected chi connectivity index (χ0v) is 14.6. The normalized spacial score (nSPS) is 23.3. The predicted molar refractivity (Wildman–Crippen MR) is 92.0 cm³/mol. The molecule has 2 fully saturated rings. The molecule has 2 unspecified atom stereocenters. The zero-order valence-electron chi connectivity index (χ0n) is 13.8. The number of carbonyl (C=O) groups is 2. The fraction of sp³-hybridized carbons (Fsp3) is 0.556. The van der Waals surface area contributed by atoms with Gasteiger partial charge in [0.1, 0.15) is 6.04 Å². The maximum Gasteiger partial charge on any atom is 0.245 e. The minimum atomic E-state index is -0.415. The van der Waals surface area contributed by atoms with Crippen LogP contribution < -0.4 is 5.32 Å². The van der Waals surface area contributed by atoms with Gasteiger partial charge >= 0.3 is 0 Å². The van der Waals surface area contributed by atoms with Gasteiger partial charge in [-0.1, -0.05) is 23.7 Å². The van der Waals surface area contributed by atoms with Crippen LogP contribution >= 0.6 is 11.6 Å². The van der Waals surface area contributed by atoms with Crippen molar-refractivity contribution in [1.82, 2.24) is 10.2 Å². The van der Waals surface area contributed by atoms with Crippen molar-refractivity contribution in [2.45, 2.75) is 44.2 Å². The van der Waals surface area contributed by atoms with Gasteiger partial charge in [-0.05, 0) is 43.9 Å². The second kappa shape index (κ2) is 7.53. The van der Waals surface area contributed by atoms with E-state index in [2.05, 4.69) is 5.32 Å². The molecule has 2 saturated heterocycles. The summed E-state index contributed by atoms with van der Waals surface area (Å²) in [5, 5.41) is 3.52. The Morgan fingerprint density at radius 2 is 2.08 bits per heavy atom. The molecule has 2 atom stereocenters. The van der Waals surface area contributed by atoms with E-state index >= 15 is 0 Å². The van der Waals surface area contributed by atoms with Crippen molar-refractivity contribution < 1.29 is 14.3 Å². The van der Waals surface area contributed by atoms with Crippen LogP contribution in [-0.4, -0.2) is 48.6 Å². The Morgan fingerprint density at radius 1 is 1.33 bits per heavy atom. The van der Waals surface area contributed by atoms with Crippen molar-refractivity contribution in [2.75, 3.05) is 19.8 Å². The van der Waals surface area contributed by atoms with Crippen molar-refractivity contribution in [2.24, 2.45) is 0 Å². The first-order valence-corrected chi connectivity index (χ1v) is 8.88. The quantitative estimate of drug-likeness (QED) is 0.906. The molecule has 0 spiro atoms. The van der Waals surface area contributed by atoms with Crippen LogP contribution in [0.4, 0.5) is 0 Å². The van der Waals surface area contributed by atoms with E-state index < -0.39 is 6.04 Å². The van der Waals surface area contributed by atoms with E-state index in [1.54, 1.807) is 12.1 Å². The van der Waals surface area contributed by atoms with Gasteiger partial charge in [0.05, 0.1) is 5.92 Å². The summed E-state index contributed by atoms with van der Waals surface area (Å²) in [7, 11) is 0. The highest BCUT2D eigenvalue weighted by atomic mass is 35.5. The Labute approximate surface area is 147 Å². The third kappa shape index (κ3) is 3.73. The fourth-order valence-corrected chi connectivity index (χ4v) is 3.62. The second-order valence-electron chi connectivity index (χ2n) is 6.50. The molecule has 0 saturated carbocycles. The molecule has 2 heterocycles. The van der Waals surface area contributed by atoms with Gasteiger partial charge in [-0.3, -0.25) is 9.59 Å². The van der Waals surface area contributed by atoms with Gasteiger partial charge in [0.25, 0.3) is 0 Å². The third-order valence-corrected chi connectivity index (χ3v) is 5.16. The first kappa shape index (κ1) is 17.2. The topological polar surface area (TPSA) is 58.6 Å². The highest BCUT2D eigenvalue weighted by Gasteiger charge is 2.37. The number of hydrogen-bond acceptors (Lipinski definition) is 3. The van der Waals surface area contributed by atoms with Gasteiger partial charge < -0.3 is 15.0 Å². The molecule has 6 heteroatoms. The summed E-state index contributed by atoms with van der Waals surface area (Å²) in [6.07, 6.45) is 2.43. The molecule has 3 rings (SSSR count). The number of likely N-dealkylation sites (tertiary alicyclic amines) is 1. The van der Waals surface area contributed by atoms with Crippen LogP contribution in [-0.2, 0) is 14.3 Å². The Kier molecular flexibility index (Phi) is 5.41. The summed E-state index contributed by atoms with van der Waals surface area (Å²) in [5.74, 6) is -0.438. The Morgan fingerprint density at radius 3 is 2.79 bits per heavy atom. The van der Waals surface area contributed by atoms with Crippen LogP contribution in [0.3, 0.4) is 0 Å². The van der Waals surface area contributed by atoms with Crippen molar-refractivity contribution in [3.8, 4) is 0 Å². The first-order valence-electron chi connectivity index (χ1n) is 8.50.